The molecule has 0 heterocycles. The zero-order chi connectivity index (χ0) is 15.3. The van der Waals surface area contributed by atoms with Crippen molar-refractivity contribution in [3.8, 4) is 0 Å². The molecule has 0 aliphatic heterocycles. The number of nitrogens with zero attached hydrogens (tertiary/aromatic N) is 1. The molecule has 0 aliphatic rings. The number of likely N-dealkylation sites (N-methyl/N-ethyl adjacent to an activating group) is 1. The van der Waals surface area contributed by atoms with Gasteiger partial charge in [0.2, 0.25) is 0 Å². The summed E-state index contributed by atoms with van der Waals surface area (Å²) >= 11 is 9.67. The second kappa shape index (κ2) is 7.74. The molecule has 1 aromatic carbocycles. The summed E-state index contributed by atoms with van der Waals surface area (Å²) in [5.74, 6) is -0.561. The smallest absolute Gasteiger partial charge is 0.311 e. The van der Waals surface area contributed by atoms with E-state index in [1.807, 2.05) is 24.3 Å². The first-order chi connectivity index (χ1) is 9.34. The van der Waals surface area contributed by atoms with Crippen LogP contribution in [0.4, 0.5) is 0 Å². The molecule has 1 aromatic rings. The molecule has 0 amide bonds. The maximum Gasteiger partial charge on any atom is 0.351 e. The molecular formula is C13H18BrClNO3P. The topological polar surface area (TPSA) is 38.8 Å². The zero-order valence-corrected chi connectivity index (χ0v) is 15.1. The van der Waals surface area contributed by atoms with Gasteiger partial charge in [0.05, 0.1) is 0 Å². The number of halogens is 2. The van der Waals surface area contributed by atoms with Crippen LogP contribution >= 0.6 is 35.1 Å². The quantitative estimate of drug-likeness (QED) is 0.684. The summed E-state index contributed by atoms with van der Waals surface area (Å²) in [5.41, 5.74) is 0.834. The molecule has 7 heteroatoms. The SMILES string of the molecule is COP(=O)(OC)C(C=C(Cl)c1ccc(Br)cc1)N(C)C. The van der Waals surface area contributed by atoms with Gasteiger partial charge >= 0.3 is 7.60 Å². The number of hydrogen-bond acceptors (Lipinski definition) is 4. The van der Waals surface area contributed by atoms with Crippen molar-refractivity contribution in [2.24, 2.45) is 0 Å². The standard InChI is InChI=1S/C13H18BrClNO3P/c1-16(2)13(20(17,18-3)19-4)9-12(15)10-5-7-11(14)8-6-10/h5-9,13H,1-4H3. The lowest BCUT2D eigenvalue weighted by molar-refractivity contribution is 0.242. The van der Waals surface area contributed by atoms with Crippen molar-refractivity contribution >= 4 is 40.2 Å². The van der Waals surface area contributed by atoms with Gasteiger partial charge in [-0.05, 0) is 37.9 Å². The van der Waals surface area contributed by atoms with E-state index in [0.717, 1.165) is 10.0 Å². The van der Waals surface area contributed by atoms with Crippen LogP contribution in [0.1, 0.15) is 5.56 Å². The van der Waals surface area contributed by atoms with Gasteiger partial charge in [-0.1, -0.05) is 39.7 Å². The number of hydrogen-bond donors (Lipinski definition) is 0. The Balaban J connectivity index is 3.14. The van der Waals surface area contributed by atoms with Crippen molar-refractivity contribution in [3.63, 3.8) is 0 Å². The minimum atomic E-state index is -3.28. The van der Waals surface area contributed by atoms with Gasteiger partial charge in [0.1, 0.15) is 5.78 Å². The van der Waals surface area contributed by atoms with Gasteiger partial charge in [-0.25, -0.2) is 0 Å². The highest BCUT2D eigenvalue weighted by molar-refractivity contribution is 9.10. The molecular weight excluding hydrogens is 364 g/mol. The maximum atomic E-state index is 12.5. The summed E-state index contributed by atoms with van der Waals surface area (Å²) in [6.45, 7) is 0. The fourth-order valence-corrected chi connectivity index (χ4v) is 3.73. The lowest BCUT2D eigenvalue weighted by Gasteiger charge is -2.27. The molecule has 0 saturated carbocycles. The summed E-state index contributed by atoms with van der Waals surface area (Å²) in [6.07, 6.45) is 1.68. The van der Waals surface area contributed by atoms with E-state index in [1.54, 1.807) is 25.1 Å². The molecule has 0 aromatic heterocycles. The number of rotatable bonds is 6. The highest BCUT2D eigenvalue weighted by atomic mass is 79.9. The minimum absolute atomic E-state index is 0.491. The van der Waals surface area contributed by atoms with Crippen LogP contribution in [0.3, 0.4) is 0 Å². The second-order valence-corrected chi connectivity index (χ2v) is 7.97. The van der Waals surface area contributed by atoms with Crippen molar-refractivity contribution < 1.29 is 13.6 Å². The summed E-state index contributed by atoms with van der Waals surface area (Å²) in [5, 5.41) is 0.491. The van der Waals surface area contributed by atoms with Crippen LogP contribution in [0.25, 0.3) is 5.03 Å². The van der Waals surface area contributed by atoms with Crippen molar-refractivity contribution in [2.75, 3.05) is 28.3 Å². The highest BCUT2D eigenvalue weighted by Crippen LogP contribution is 2.53. The Morgan fingerprint density at radius 3 is 2.20 bits per heavy atom. The Hall–Kier alpha value is -0.160. The summed E-state index contributed by atoms with van der Waals surface area (Å²) in [7, 11) is 3.03. The lowest BCUT2D eigenvalue weighted by atomic mass is 10.2. The minimum Gasteiger partial charge on any atom is -0.311 e. The van der Waals surface area contributed by atoms with Gasteiger partial charge in [0.25, 0.3) is 0 Å². The molecule has 0 bridgehead atoms. The lowest BCUT2D eigenvalue weighted by Crippen LogP contribution is -2.27. The van der Waals surface area contributed by atoms with Crippen LogP contribution in [0.5, 0.6) is 0 Å². The largest absolute Gasteiger partial charge is 0.351 e. The van der Waals surface area contributed by atoms with Crippen LogP contribution < -0.4 is 0 Å². The van der Waals surface area contributed by atoms with Gasteiger partial charge in [0, 0.05) is 23.7 Å². The molecule has 4 nitrogen and oxygen atoms in total. The Bertz CT molecular complexity index is 511. The third-order valence-corrected chi connectivity index (χ3v) is 5.93. The van der Waals surface area contributed by atoms with Crippen LogP contribution in [-0.2, 0) is 13.6 Å². The predicted octanol–water partition coefficient (Wildman–Crippen LogP) is 4.40. The summed E-state index contributed by atoms with van der Waals surface area (Å²) in [4.78, 5) is 1.75. The van der Waals surface area contributed by atoms with Crippen molar-refractivity contribution in [1.82, 2.24) is 4.90 Å². The normalized spacial score (nSPS) is 14.7. The molecule has 112 valence electrons. The van der Waals surface area contributed by atoms with Gasteiger partial charge in [0.15, 0.2) is 0 Å². The fourth-order valence-electron chi connectivity index (χ4n) is 1.65. The molecule has 0 radical (unpaired) electrons. The van der Waals surface area contributed by atoms with Crippen LogP contribution in [0, 0.1) is 0 Å². The first-order valence-corrected chi connectivity index (χ1v) is 8.63. The van der Waals surface area contributed by atoms with E-state index < -0.39 is 13.4 Å². The molecule has 1 unspecified atom stereocenters. The Morgan fingerprint density at radius 2 is 1.80 bits per heavy atom. The molecule has 20 heavy (non-hydrogen) atoms. The summed E-state index contributed by atoms with van der Waals surface area (Å²) < 4.78 is 23.6. The van der Waals surface area contributed by atoms with E-state index in [-0.39, 0.29) is 0 Å². The third kappa shape index (κ3) is 4.42. The van der Waals surface area contributed by atoms with Gasteiger partial charge < -0.3 is 9.05 Å². The van der Waals surface area contributed by atoms with E-state index in [2.05, 4.69) is 15.9 Å². The van der Waals surface area contributed by atoms with Crippen molar-refractivity contribution in [1.29, 1.82) is 0 Å². The van der Waals surface area contributed by atoms with E-state index >= 15 is 0 Å². The Morgan fingerprint density at radius 1 is 1.30 bits per heavy atom. The molecule has 0 saturated heterocycles. The van der Waals surface area contributed by atoms with Crippen LogP contribution in [-0.4, -0.2) is 39.0 Å². The molecule has 1 atom stereocenters. The average Bonchev–Trinajstić information content (AvgIpc) is 2.44. The van der Waals surface area contributed by atoms with Crippen LogP contribution in [0.2, 0.25) is 0 Å². The molecule has 1 rings (SSSR count). The third-order valence-electron chi connectivity index (χ3n) is 2.78. The van der Waals surface area contributed by atoms with E-state index in [1.165, 1.54) is 14.2 Å². The zero-order valence-electron chi connectivity index (χ0n) is 11.8. The number of benzene rings is 1. The predicted molar refractivity (Wildman–Crippen MR) is 87.1 cm³/mol. The monoisotopic (exact) mass is 381 g/mol. The average molecular weight is 383 g/mol. The molecule has 0 N–H and O–H groups in total. The first-order valence-electron chi connectivity index (χ1n) is 5.85. The van der Waals surface area contributed by atoms with Crippen molar-refractivity contribution in [2.45, 2.75) is 5.78 Å². The van der Waals surface area contributed by atoms with E-state index in [0.29, 0.717) is 5.03 Å². The molecule has 0 aliphatic carbocycles. The van der Waals surface area contributed by atoms with Gasteiger partial charge in [-0.15, -0.1) is 0 Å². The van der Waals surface area contributed by atoms with Gasteiger partial charge in [-0.2, -0.15) is 0 Å². The maximum absolute atomic E-state index is 12.5. The summed E-state index contributed by atoms with van der Waals surface area (Å²) in [6, 6.07) is 7.53. The van der Waals surface area contributed by atoms with E-state index in [9.17, 15) is 4.57 Å². The van der Waals surface area contributed by atoms with E-state index in [4.69, 9.17) is 20.6 Å². The Kier molecular flexibility index (Phi) is 6.92. The molecule has 0 fully saturated rings. The first kappa shape index (κ1) is 17.9. The van der Waals surface area contributed by atoms with Crippen molar-refractivity contribution in [3.05, 3.63) is 40.4 Å². The Labute approximate surface area is 133 Å². The second-order valence-electron chi connectivity index (χ2n) is 4.30. The van der Waals surface area contributed by atoms with Crippen LogP contribution in [0.15, 0.2) is 34.8 Å². The van der Waals surface area contributed by atoms with Gasteiger partial charge in [-0.3, -0.25) is 9.46 Å². The highest BCUT2D eigenvalue weighted by Gasteiger charge is 2.34. The molecule has 0 spiro atoms. The fraction of sp³-hybridized carbons (Fsp3) is 0.385.